The van der Waals surface area contributed by atoms with Gasteiger partial charge in [-0.1, -0.05) is 25.4 Å². The molecule has 1 aromatic rings. The van der Waals surface area contributed by atoms with Crippen molar-refractivity contribution in [2.75, 3.05) is 11.9 Å². The minimum Gasteiger partial charge on any atom is -0.377 e. The van der Waals surface area contributed by atoms with Crippen LogP contribution in [0.3, 0.4) is 0 Å². The molecule has 3 atom stereocenters. The fraction of sp³-hybridized carbons (Fsp3) is 0.615. The molecule has 108 valence electrons. The number of anilines is 1. The average molecular weight is 298 g/mol. The fourth-order valence-electron chi connectivity index (χ4n) is 3.44. The van der Waals surface area contributed by atoms with Gasteiger partial charge in [0, 0.05) is 36.2 Å². The zero-order chi connectivity index (χ0) is 14.5. The van der Waals surface area contributed by atoms with Crippen LogP contribution in [0.1, 0.15) is 20.3 Å². The van der Waals surface area contributed by atoms with Gasteiger partial charge in [0.25, 0.3) is 0 Å². The van der Waals surface area contributed by atoms with E-state index in [1.807, 2.05) is 0 Å². The molecule has 1 saturated carbocycles. The summed E-state index contributed by atoms with van der Waals surface area (Å²) in [6, 6.07) is 1.45. The topological polar surface area (TPSA) is 77.3 Å². The highest BCUT2D eigenvalue weighted by Gasteiger charge is 2.59. The summed E-state index contributed by atoms with van der Waals surface area (Å²) in [4.78, 5) is 14.7. The molecular formula is C13H16ClN3O3. The van der Waals surface area contributed by atoms with E-state index in [9.17, 15) is 10.1 Å². The largest absolute Gasteiger partial charge is 0.377 e. The van der Waals surface area contributed by atoms with Crippen LogP contribution in [0.25, 0.3) is 0 Å². The maximum atomic E-state index is 11.1. The highest BCUT2D eigenvalue weighted by molar-refractivity contribution is 6.30. The number of nitro groups is 1. The summed E-state index contributed by atoms with van der Waals surface area (Å²) < 4.78 is 5.72. The molecule has 0 unspecified atom stereocenters. The number of fused-ring (bicyclic) bond motifs is 1. The molecule has 1 aliphatic carbocycles. The van der Waals surface area contributed by atoms with E-state index in [4.69, 9.17) is 16.3 Å². The summed E-state index contributed by atoms with van der Waals surface area (Å²) in [5.41, 5.74) is -0.147. The normalized spacial score (nSPS) is 30.4. The molecule has 0 bridgehead atoms. The van der Waals surface area contributed by atoms with Crippen LogP contribution in [0, 0.1) is 21.4 Å². The zero-order valence-electron chi connectivity index (χ0n) is 11.3. The number of rotatable bonds is 3. The molecule has 2 heterocycles. The predicted octanol–water partition coefficient (Wildman–Crippen LogP) is 2.87. The Morgan fingerprint density at radius 3 is 3.05 bits per heavy atom. The standard InChI is InChI=1S/C13H16ClN3O3/c1-13(2)10(8-3-4-20-11(8)13)16-12-9(17(18)19)5-7(14)6-15-12/h5-6,8,10-11H,3-4H2,1-2H3,(H,15,16)/t8-,10-,11-/m1/s1. The molecule has 2 aliphatic rings. The molecule has 6 nitrogen and oxygen atoms in total. The second kappa shape index (κ2) is 4.56. The van der Waals surface area contributed by atoms with E-state index < -0.39 is 4.92 Å². The van der Waals surface area contributed by atoms with Crippen molar-refractivity contribution in [2.45, 2.75) is 32.4 Å². The van der Waals surface area contributed by atoms with Crippen molar-refractivity contribution < 1.29 is 9.66 Å². The molecule has 0 radical (unpaired) electrons. The Morgan fingerprint density at radius 1 is 1.60 bits per heavy atom. The molecule has 1 aliphatic heterocycles. The number of aromatic nitrogens is 1. The lowest BCUT2D eigenvalue weighted by Crippen LogP contribution is -2.63. The van der Waals surface area contributed by atoms with Crippen molar-refractivity contribution in [1.29, 1.82) is 0 Å². The van der Waals surface area contributed by atoms with Gasteiger partial charge in [0.1, 0.15) is 0 Å². The monoisotopic (exact) mass is 297 g/mol. The fourth-order valence-corrected chi connectivity index (χ4v) is 3.60. The van der Waals surface area contributed by atoms with Crippen LogP contribution in [-0.4, -0.2) is 28.7 Å². The maximum Gasteiger partial charge on any atom is 0.312 e. The summed E-state index contributed by atoms with van der Waals surface area (Å²) in [5.74, 6) is 0.671. The van der Waals surface area contributed by atoms with Crippen molar-refractivity contribution in [3.05, 3.63) is 27.4 Å². The average Bonchev–Trinajstić information content (AvgIpc) is 2.83. The molecule has 7 heteroatoms. The highest BCUT2D eigenvalue weighted by Crippen LogP contribution is 2.53. The van der Waals surface area contributed by atoms with Gasteiger partial charge < -0.3 is 10.1 Å². The number of ether oxygens (including phenoxy) is 1. The lowest BCUT2D eigenvalue weighted by molar-refractivity contribution is -0.384. The van der Waals surface area contributed by atoms with Gasteiger partial charge >= 0.3 is 5.69 Å². The molecule has 0 amide bonds. The Balaban J connectivity index is 1.87. The minimum absolute atomic E-state index is 0.0592. The smallest absolute Gasteiger partial charge is 0.312 e. The van der Waals surface area contributed by atoms with Gasteiger partial charge in [-0.15, -0.1) is 0 Å². The molecular weight excluding hydrogens is 282 g/mol. The second-order valence-corrected chi connectivity index (χ2v) is 6.40. The van der Waals surface area contributed by atoms with Gasteiger partial charge in [-0.3, -0.25) is 10.1 Å². The first kappa shape index (κ1) is 13.6. The molecule has 1 aromatic heterocycles. The van der Waals surface area contributed by atoms with Crippen LogP contribution >= 0.6 is 11.6 Å². The number of hydrogen-bond acceptors (Lipinski definition) is 5. The van der Waals surface area contributed by atoms with Crippen molar-refractivity contribution in [2.24, 2.45) is 11.3 Å². The molecule has 1 N–H and O–H groups in total. The second-order valence-electron chi connectivity index (χ2n) is 5.97. The van der Waals surface area contributed by atoms with E-state index in [1.54, 1.807) is 0 Å². The number of nitrogens with zero attached hydrogens (tertiary/aromatic N) is 2. The third-order valence-corrected chi connectivity index (χ3v) is 4.63. The summed E-state index contributed by atoms with van der Waals surface area (Å²) in [7, 11) is 0. The number of halogens is 1. The molecule has 0 spiro atoms. The van der Waals surface area contributed by atoms with E-state index in [-0.39, 0.29) is 34.1 Å². The van der Waals surface area contributed by atoms with Gasteiger partial charge in [0.15, 0.2) is 0 Å². The van der Waals surface area contributed by atoms with E-state index in [2.05, 4.69) is 24.1 Å². The quantitative estimate of drug-likeness (QED) is 0.685. The summed E-state index contributed by atoms with van der Waals surface area (Å²) in [5, 5.41) is 14.6. The molecule has 20 heavy (non-hydrogen) atoms. The van der Waals surface area contributed by atoms with Crippen LogP contribution in [0.2, 0.25) is 5.02 Å². The lowest BCUT2D eigenvalue weighted by atomic mass is 9.57. The first-order valence-corrected chi connectivity index (χ1v) is 6.97. The van der Waals surface area contributed by atoms with Crippen LogP contribution in [0.15, 0.2) is 12.3 Å². The Morgan fingerprint density at radius 2 is 2.35 bits per heavy atom. The minimum atomic E-state index is -0.463. The number of pyridine rings is 1. The third kappa shape index (κ3) is 1.94. The maximum absolute atomic E-state index is 11.1. The Kier molecular flexibility index (Phi) is 3.10. The van der Waals surface area contributed by atoms with Gasteiger partial charge in [0.05, 0.1) is 16.0 Å². The molecule has 2 fully saturated rings. The SMILES string of the molecule is CC1(C)[C@H](Nc2ncc(Cl)cc2[N+](=O)[O-])[C@H]2CCO[C@H]21. The number of hydrogen-bond donors (Lipinski definition) is 1. The van der Waals surface area contributed by atoms with Gasteiger partial charge in [-0.2, -0.15) is 0 Å². The van der Waals surface area contributed by atoms with Crippen LogP contribution < -0.4 is 5.32 Å². The Hall–Kier alpha value is -1.40. The van der Waals surface area contributed by atoms with Gasteiger partial charge in [0.2, 0.25) is 5.82 Å². The molecule has 0 aromatic carbocycles. The van der Waals surface area contributed by atoms with Crippen molar-refractivity contribution in [3.63, 3.8) is 0 Å². The van der Waals surface area contributed by atoms with E-state index in [1.165, 1.54) is 12.3 Å². The third-order valence-electron chi connectivity index (χ3n) is 4.42. The van der Waals surface area contributed by atoms with Crippen LogP contribution in [-0.2, 0) is 4.74 Å². The van der Waals surface area contributed by atoms with Crippen molar-refractivity contribution in [3.8, 4) is 0 Å². The summed E-state index contributed by atoms with van der Waals surface area (Å²) in [6.07, 6.45) is 2.63. The van der Waals surface area contributed by atoms with E-state index in [0.717, 1.165) is 13.0 Å². The number of nitrogens with one attached hydrogen (secondary N) is 1. The molecule has 1 saturated heterocycles. The van der Waals surface area contributed by atoms with Crippen LogP contribution in [0.4, 0.5) is 11.5 Å². The predicted molar refractivity (Wildman–Crippen MR) is 74.9 cm³/mol. The van der Waals surface area contributed by atoms with Gasteiger partial charge in [-0.25, -0.2) is 4.98 Å². The summed E-state index contributed by atoms with van der Waals surface area (Å²) in [6.45, 7) is 4.98. The highest BCUT2D eigenvalue weighted by atomic mass is 35.5. The first-order chi connectivity index (χ1) is 9.41. The molecule has 3 rings (SSSR count). The van der Waals surface area contributed by atoms with Gasteiger partial charge in [-0.05, 0) is 6.42 Å². The van der Waals surface area contributed by atoms with Crippen molar-refractivity contribution >= 4 is 23.1 Å². The van der Waals surface area contributed by atoms with Crippen LogP contribution in [0.5, 0.6) is 0 Å². The van der Waals surface area contributed by atoms with E-state index >= 15 is 0 Å². The zero-order valence-corrected chi connectivity index (χ0v) is 12.1. The van der Waals surface area contributed by atoms with E-state index in [0.29, 0.717) is 5.92 Å². The first-order valence-electron chi connectivity index (χ1n) is 6.59. The Bertz CT molecular complexity index is 564. The van der Waals surface area contributed by atoms with Crippen molar-refractivity contribution in [1.82, 2.24) is 4.98 Å². The summed E-state index contributed by atoms with van der Waals surface area (Å²) >= 11 is 5.78. The Labute approximate surface area is 121 Å². The lowest BCUT2D eigenvalue weighted by Gasteiger charge is -2.54.